The molecule has 0 aromatic heterocycles. The second-order valence-electron chi connectivity index (χ2n) is 4.71. The minimum Gasteiger partial charge on any atom is -0.399 e. The van der Waals surface area contributed by atoms with Gasteiger partial charge in [-0.2, -0.15) is 0 Å². The SMILES string of the molecule is CN(C)CC(C)(O)CNc1cccc(N)c1. The third kappa shape index (κ3) is 4.51. The van der Waals surface area contributed by atoms with Gasteiger partial charge in [0.15, 0.2) is 0 Å². The fourth-order valence-corrected chi connectivity index (χ4v) is 1.68. The van der Waals surface area contributed by atoms with Crippen LogP contribution in [0.1, 0.15) is 6.92 Å². The van der Waals surface area contributed by atoms with Crippen LogP contribution in [-0.4, -0.2) is 42.8 Å². The summed E-state index contributed by atoms with van der Waals surface area (Å²) in [5.41, 5.74) is 6.56. The number of hydrogen-bond donors (Lipinski definition) is 3. The molecule has 4 nitrogen and oxygen atoms in total. The van der Waals surface area contributed by atoms with Crippen LogP contribution in [0.3, 0.4) is 0 Å². The fraction of sp³-hybridized carbons (Fsp3) is 0.500. The topological polar surface area (TPSA) is 61.5 Å². The van der Waals surface area contributed by atoms with Gasteiger partial charge < -0.3 is 21.1 Å². The Balaban J connectivity index is 2.50. The summed E-state index contributed by atoms with van der Waals surface area (Å²) in [5, 5.41) is 13.3. The van der Waals surface area contributed by atoms with Crippen molar-refractivity contribution in [3.63, 3.8) is 0 Å². The summed E-state index contributed by atoms with van der Waals surface area (Å²) in [4.78, 5) is 1.96. The molecular weight excluding hydrogens is 202 g/mol. The van der Waals surface area contributed by atoms with Gasteiger partial charge in [-0.1, -0.05) is 6.07 Å². The maximum Gasteiger partial charge on any atom is 0.0917 e. The van der Waals surface area contributed by atoms with E-state index < -0.39 is 5.60 Å². The van der Waals surface area contributed by atoms with E-state index in [9.17, 15) is 5.11 Å². The van der Waals surface area contributed by atoms with Gasteiger partial charge in [0.05, 0.1) is 5.60 Å². The molecule has 0 saturated carbocycles. The number of anilines is 2. The summed E-state index contributed by atoms with van der Waals surface area (Å²) in [5.74, 6) is 0. The Bertz CT molecular complexity index is 337. The van der Waals surface area contributed by atoms with Crippen molar-refractivity contribution in [3.05, 3.63) is 24.3 Å². The molecule has 90 valence electrons. The molecular formula is C12H21N3O. The third-order valence-corrected chi connectivity index (χ3v) is 2.22. The molecule has 1 aromatic rings. The van der Waals surface area contributed by atoms with Crippen LogP contribution in [0.4, 0.5) is 11.4 Å². The number of nitrogens with one attached hydrogen (secondary N) is 1. The minimum atomic E-state index is -0.756. The van der Waals surface area contributed by atoms with Gasteiger partial charge in [-0.3, -0.25) is 0 Å². The number of benzene rings is 1. The molecule has 0 aliphatic rings. The van der Waals surface area contributed by atoms with Gasteiger partial charge in [0.1, 0.15) is 0 Å². The number of aliphatic hydroxyl groups is 1. The van der Waals surface area contributed by atoms with Crippen LogP contribution in [0.2, 0.25) is 0 Å². The van der Waals surface area contributed by atoms with Crippen molar-refractivity contribution in [2.24, 2.45) is 0 Å². The molecule has 0 heterocycles. The van der Waals surface area contributed by atoms with Crippen LogP contribution < -0.4 is 11.1 Å². The van der Waals surface area contributed by atoms with E-state index in [0.29, 0.717) is 13.1 Å². The highest BCUT2D eigenvalue weighted by molar-refractivity contribution is 5.54. The van der Waals surface area contributed by atoms with Crippen molar-refractivity contribution in [2.75, 3.05) is 38.2 Å². The summed E-state index contributed by atoms with van der Waals surface area (Å²) in [6, 6.07) is 7.51. The smallest absolute Gasteiger partial charge is 0.0917 e. The van der Waals surface area contributed by atoms with Gasteiger partial charge in [-0.15, -0.1) is 0 Å². The van der Waals surface area contributed by atoms with E-state index in [1.807, 2.05) is 50.2 Å². The van der Waals surface area contributed by atoms with Gasteiger partial charge in [0.25, 0.3) is 0 Å². The van der Waals surface area contributed by atoms with Gasteiger partial charge in [-0.25, -0.2) is 0 Å². The predicted molar refractivity (Wildman–Crippen MR) is 68.5 cm³/mol. The zero-order chi connectivity index (χ0) is 12.2. The van der Waals surface area contributed by atoms with Crippen LogP contribution in [0, 0.1) is 0 Å². The number of nitrogen functional groups attached to an aromatic ring is 1. The maximum atomic E-state index is 10.1. The quantitative estimate of drug-likeness (QED) is 0.652. The molecule has 1 aromatic carbocycles. The average Bonchev–Trinajstić information content (AvgIpc) is 2.13. The lowest BCUT2D eigenvalue weighted by Gasteiger charge is -2.27. The van der Waals surface area contributed by atoms with E-state index >= 15 is 0 Å². The molecule has 0 saturated heterocycles. The minimum absolute atomic E-state index is 0.495. The number of nitrogens with two attached hydrogens (primary N) is 1. The van der Waals surface area contributed by atoms with Gasteiger partial charge in [0.2, 0.25) is 0 Å². The molecule has 0 fully saturated rings. The Hall–Kier alpha value is -1.26. The average molecular weight is 223 g/mol. The first kappa shape index (κ1) is 12.8. The van der Waals surface area contributed by atoms with E-state index in [1.54, 1.807) is 0 Å². The molecule has 1 unspecified atom stereocenters. The summed E-state index contributed by atoms with van der Waals surface area (Å²) in [6.07, 6.45) is 0. The third-order valence-electron chi connectivity index (χ3n) is 2.22. The number of likely N-dealkylation sites (N-methyl/N-ethyl adjacent to an activating group) is 1. The van der Waals surface area contributed by atoms with Crippen LogP contribution in [0.25, 0.3) is 0 Å². The lowest BCUT2D eigenvalue weighted by Crippen LogP contribution is -2.43. The van der Waals surface area contributed by atoms with Crippen LogP contribution in [0.5, 0.6) is 0 Å². The molecule has 16 heavy (non-hydrogen) atoms. The summed E-state index contributed by atoms with van der Waals surface area (Å²) >= 11 is 0. The fourth-order valence-electron chi connectivity index (χ4n) is 1.68. The molecule has 0 aliphatic heterocycles. The Kier molecular flexibility index (Phi) is 4.15. The zero-order valence-corrected chi connectivity index (χ0v) is 10.2. The second kappa shape index (κ2) is 5.18. The zero-order valence-electron chi connectivity index (χ0n) is 10.2. The normalized spacial score (nSPS) is 14.8. The Labute approximate surface area is 97.1 Å². The first-order valence-electron chi connectivity index (χ1n) is 5.35. The van der Waals surface area contributed by atoms with Crippen LogP contribution >= 0.6 is 0 Å². The molecule has 0 radical (unpaired) electrons. The van der Waals surface area contributed by atoms with Gasteiger partial charge in [0, 0.05) is 24.5 Å². The maximum absolute atomic E-state index is 10.1. The van der Waals surface area contributed by atoms with Gasteiger partial charge in [-0.05, 0) is 39.2 Å². The Morgan fingerprint density at radius 2 is 2.12 bits per heavy atom. The molecule has 0 spiro atoms. The number of rotatable bonds is 5. The molecule has 0 amide bonds. The molecule has 4 N–H and O–H groups in total. The van der Waals surface area contributed by atoms with Gasteiger partial charge >= 0.3 is 0 Å². The summed E-state index contributed by atoms with van der Waals surface area (Å²) in [6.45, 7) is 2.92. The van der Waals surface area contributed by atoms with Crippen molar-refractivity contribution in [1.29, 1.82) is 0 Å². The molecule has 0 aliphatic carbocycles. The number of hydrogen-bond acceptors (Lipinski definition) is 4. The van der Waals surface area contributed by atoms with Crippen LogP contribution in [0.15, 0.2) is 24.3 Å². The van der Waals surface area contributed by atoms with Crippen molar-refractivity contribution in [2.45, 2.75) is 12.5 Å². The van der Waals surface area contributed by atoms with E-state index in [2.05, 4.69) is 5.32 Å². The highest BCUT2D eigenvalue weighted by Crippen LogP contribution is 2.13. The van der Waals surface area contributed by atoms with E-state index in [-0.39, 0.29) is 0 Å². The molecule has 1 atom stereocenters. The van der Waals surface area contributed by atoms with Crippen molar-refractivity contribution >= 4 is 11.4 Å². The molecule has 0 bridgehead atoms. The molecule has 4 heteroatoms. The van der Waals surface area contributed by atoms with E-state index in [4.69, 9.17) is 5.73 Å². The Morgan fingerprint density at radius 1 is 1.44 bits per heavy atom. The van der Waals surface area contributed by atoms with E-state index in [1.165, 1.54) is 0 Å². The van der Waals surface area contributed by atoms with E-state index in [0.717, 1.165) is 11.4 Å². The first-order chi connectivity index (χ1) is 7.39. The van der Waals surface area contributed by atoms with Crippen LogP contribution in [-0.2, 0) is 0 Å². The first-order valence-corrected chi connectivity index (χ1v) is 5.35. The highest BCUT2D eigenvalue weighted by Gasteiger charge is 2.20. The lowest BCUT2D eigenvalue weighted by molar-refractivity contribution is 0.0460. The van der Waals surface area contributed by atoms with Crippen molar-refractivity contribution in [3.8, 4) is 0 Å². The summed E-state index contributed by atoms with van der Waals surface area (Å²) < 4.78 is 0. The second-order valence-corrected chi connectivity index (χ2v) is 4.71. The molecule has 1 rings (SSSR count). The largest absolute Gasteiger partial charge is 0.399 e. The Morgan fingerprint density at radius 3 is 2.69 bits per heavy atom. The van der Waals surface area contributed by atoms with Crippen molar-refractivity contribution in [1.82, 2.24) is 4.90 Å². The summed E-state index contributed by atoms with van der Waals surface area (Å²) in [7, 11) is 3.88. The predicted octanol–water partition coefficient (Wildman–Crippen LogP) is 0.993. The highest BCUT2D eigenvalue weighted by atomic mass is 16.3. The number of nitrogens with zero attached hydrogens (tertiary/aromatic N) is 1. The monoisotopic (exact) mass is 223 g/mol. The standard InChI is InChI=1S/C12H21N3O/c1-12(16,9-15(2)3)8-14-11-6-4-5-10(13)7-11/h4-7,14,16H,8-9,13H2,1-3H3. The lowest BCUT2D eigenvalue weighted by atomic mass is 10.1. The van der Waals surface area contributed by atoms with Crippen molar-refractivity contribution < 1.29 is 5.11 Å².